The zero-order chi connectivity index (χ0) is 12.1. The molecule has 3 nitrogen and oxygen atoms in total. The van der Waals surface area contributed by atoms with E-state index in [9.17, 15) is 4.79 Å². The summed E-state index contributed by atoms with van der Waals surface area (Å²) in [7, 11) is 0. The maximum Gasteiger partial charge on any atom is 0.222 e. The van der Waals surface area contributed by atoms with Crippen LogP contribution in [0.3, 0.4) is 0 Å². The molecule has 1 heterocycles. The minimum atomic E-state index is 0.300. The maximum atomic E-state index is 11.8. The van der Waals surface area contributed by atoms with Gasteiger partial charge in [0.1, 0.15) is 0 Å². The lowest BCUT2D eigenvalue weighted by molar-refractivity contribution is -0.128. The molecule has 1 atom stereocenters. The van der Waals surface area contributed by atoms with Crippen LogP contribution in [0.4, 0.5) is 0 Å². The number of nitrogens with two attached hydrogens (primary N) is 1. The van der Waals surface area contributed by atoms with E-state index in [1.165, 1.54) is 0 Å². The van der Waals surface area contributed by atoms with Crippen LogP contribution >= 0.6 is 0 Å². The first-order valence-electron chi connectivity index (χ1n) is 6.28. The van der Waals surface area contributed by atoms with E-state index in [1.807, 2.05) is 4.90 Å². The van der Waals surface area contributed by atoms with Crippen LogP contribution in [0.25, 0.3) is 0 Å². The first kappa shape index (κ1) is 11.9. The molecule has 0 radical (unpaired) electrons. The van der Waals surface area contributed by atoms with Gasteiger partial charge in [-0.15, -0.1) is 0 Å². The van der Waals surface area contributed by atoms with Gasteiger partial charge in [0, 0.05) is 19.5 Å². The highest BCUT2D eigenvalue weighted by atomic mass is 16.2. The number of amides is 1. The Balaban J connectivity index is 1.95. The van der Waals surface area contributed by atoms with Gasteiger partial charge in [0.2, 0.25) is 5.91 Å². The van der Waals surface area contributed by atoms with Crippen LogP contribution in [0.15, 0.2) is 0 Å². The average molecular weight is 224 g/mol. The largest absolute Gasteiger partial charge is 0.342 e. The van der Waals surface area contributed by atoms with Crippen molar-refractivity contribution in [1.82, 2.24) is 4.90 Å². The Kier molecular flexibility index (Phi) is 2.57. The van der Waals surface area contributed by atoms with Gasteiger partial charge in [-0.1, -0.05) is 27.7 Å². The van der Waals surface area contributed by atoms with E-state index in [-0.39, 0.29) is 0 Å². The SMILES string of the molecule is CC1(C)C(CN2CC(CN)CC2=O)C1(C)C. The third kappa shape index (κ3) is 1.56. The standard InChI is InChI=1S/C13H24N2O/c1-12(2)10(13(12,3)4)8-15-7-9(6-14)5-11(15)16/h9-10H,5-8,14H2,1-4H3. The number of nitrogens with zero attached hydrogens (tertiary/aromatic N) is 1. The van der Waals surface area contributed by atoms with Crippen LogP contribution in [0.2, 0.25) is 0 Å². The van der Waals surface area contributed by atoms with Crippen LogP contribution in [0, 0.1) is 22.7 Å². The van der Waals surface area contributed by atoms with Gasteiger partial charge in [-0.05, 0) is 29.2 Å². The Morgan fingerprint density at radius 3 is 2.25 bits per heavy atom. The van der Waals surface area contributed by atoms with Crippen molar-refractivity contribution in [2.45, 2.75) is 34.1 Å². The Morgan fingerprint density at radius 2 is 1.88 bits per heavy atom. The van der Waals surface area contributed by atoms with E-state index in [0.29, 0.717) is 41.5 Å². The van der Waals surface area contributed by atoms with E-state index in [4.69, 9.17) is 5.73 Å². The van der Waals surface area contributed by atoms with Gasteiger partial charge in [-0.25, -0.2) is 0 Å². The Bertz CT molecular complexity index is 295. The number of likely N-dealkylation sites (tertiary alicyclic amines) is 1. The van der Waals surface area contributed by atoms with Crippen molar-refractivity contribution in [2.75, 3.05) is 19.6 Å². The molecule has 1 unspecified atom stereocenters. The van der Waals surface area contributed by atoms with Crippen molar-refractivity contribution in [3.63, 3.8) is 0 Å². The first-order valence-corrected chi connectivity index (χ1v) is 6.28. The fourth-order valence-corrected chi connectivity index (χ4v) is 3.20. The second kappa shape index (κ2) is 3.46. The Labute approximate surface area is 98.4 Å². The summed E-state index contributed by atoms with van der Waals surface area (Å²) in [6.45, 7) is 11.7. The van der Waals surface area contributed by atoms with Gasteiger partial charge in [-0.3, -0.25) is 4.79 Å². The number of carbonyl (C=O) groups is 1. The van der Waals surface area contributed by atoms with Gasteiger partial charge >= 0.3 is 0 Å². The van der Waals surface area contributed by atoms with Crippen molar-refractivity contribution in [3.05, 3.63) is 0 Å². The van der Waals surface area contributed by atoms with Crippen LogP contribution in [-0.4, -0.2) is 30.4 Å². The van der Waals surface area contributed by atoms with E-state index >= 15 is 0 Å². The molecule has 1 saturated heterocycles. The summed E-state index contributed by atoms with van der Waals surface area (Å²) in [6.07, 6.45) is 0.657. The van der Waals surface area contributed by atoms with Crippen molar-refractivity contribution >= 4 is 5.91 Å². The monoisotopic (exact) mass is 224 g/mol. The molecule has 0 aromatic heterocycles. The summed E-state index contributed by atoms with van der Waals surface area (Å²) in [5, 5.41) is 0. The molecule has 0 aromatic carbocycles. The summed E-state index contributed by atoms with van der Waals surface area (Å²) in [6, 6.07) is 0. The normalized spacial score (nSPS) is 32.2. The predicted molar refractivity (Wildman–Crippen MR) is 64.8 cm³/mol. The van der Waals surface area contributed by atoms with Gasteiger partial charge in [0.25, 0.3) is 0 Å². The summed E-state index contributed by atoms with van der Waals surface area (Å²) >= 11 is 0. The topological polar surface area (TPSA) is 46.3 Å². The second-order valence-electron chi connectivity index (χ2n) is 6.60. The summed E-state index contributed by atoms with van der Waals surface area (Å²) in [5.41, 5.74) is 6.37. The molecule has 3 heteroatoms. The Hall–Kier alpha value is -0.570. The van der Waals surface area contributed by atoms with E-state index in [2.05, 4.69) is 27.7 Å². The molecule has 2 rings (SSSR count). The molecule has 1 saturated carbocycles. The number of hydrogen-bond acceptors (Lipinski definition) is 2. The fourth-order valence-electron chi connectivity index (χ4n) is 3.20. The molecule has 0 bridgehead atoms. The lowest BCUT2D eigenvalue weighted by atomic mass is 10.0. The van der Waals surface area contributed by atoms with Crippen LogP contribution in [0.5, 0.6) is 0 Å². The fraction of sp³-hybridized carbons (Fsp3) is 0.923. The highest BCUT2D eigenvalue weighted by Crippen LogP contribution is 2.68. The lowest BCUT2D eigenvalue weighted by Crippen LogP contribution is -2.29. The van der Waals surface area contributed by atoms with Gasteiger partial charge in [-0.2, -0.15) is 0 Å². The molecule has 0 spiro atoms. The molecule has 1 aliphatic carbocycles. The second-order valence-corrected chi connectivity index (χ2v) is 6.60. The predicted octanol–water partition coefficient (Wildman–Crippen LogP) is 1.48. The van der Waals surface area contributed by atoms with Crippen molar-refractivity contribution in [1.29, 1.82) is 0 Å². The maximum absolute atomic E-state index is 11.8. The average Bonchev–Trinajstić information content (AvgIpc) is 2.50. The first-order chi connectivity index (χ1) is 7.30. The van der Waals surface area contributed by atoms with Gasteiger partial charge < -0.3 is 10.6 Å². The molecule has 1 aliphatic heterocycles. The lowest BCUT2D eigenvalue weighted by Gasteiger charge is -2.17. The van der Waals surface area contributed by atoms with Crippen molar-refractivity contribution < 1.29 is 4.79 Å². The highest BCUT2D eigenvalue weighted by molar-refractivity contribution is 5.78. The van der Waals surface area contributed by atoms with E-state index < -0.39 is 0 Å². The quantitative estimate of drug-likeness (QED) is 0.789. The van der Waals surface area contributed by atoms with Crippen molar-refractivity contribution in [3.8, 4) is 0 Å². The van der Waals surface area contributed by atoms with Crippen LogP contribution in [0.1, 0.15) is 34.1 Å². The molecule has 2 aliphatic rings. The zero-order valence-corrected chi connectivity index (χ0v) is 10.9. The van der Waals surface area contributed by atoms with Crippen LogP contribution in [-0.2, 0) is 4.79 Å². The minimum absolute atomic E-state index is 0.300. The molecule has 16 heavy (non-hydrogen) atoms. The summed E-state index contributed by atoms with van der Waals surface area (Å²) in [4.78, 5) is 13.8. The van der Waals surface area contributed by atoms with Crippen LogP contribution < -0.4 is 5.73 Å². The molecular formula is C13H24N2O. The number of carbonyl (C=O) groups excluding carboxylic acids is 1. The smallest absolute Gasteiger partial charge is 0.222 e. The number of hydrogen-bond donors (Lipinski definition) is 1. The highest BCUT2D eigenvalue weighted by Gasteiger charge is 2.64. The Morgan fingerprint density at radius 1 is 1.31 bits per heavy atom. The van der Waals surface area contributed by atoms with Crippen molar-refractivity contribution in [2.24, 2.45) is 28.4 Å². The third-order valence-electron chi connectivity index (χ3n) is 5.35. The minimum Gasteiger partial charge on any atom is -0.342 e. The molecule has 92 valence electrons. The zero-order valence-electron chi connectivity index (χ0n) is 10.9. The molecule has 1 amide bonds. The molecule has 0 aromatic rings. The molecule has 2 N–H and O–H groups in total. The van der Waals surface area contributed by atoms with E-state index in [0.717, 1.165) is 13.1 Å². The van der Waals surface area contributed by atoms with E-state index in [1.54, 1.807) is 0 Å². The number of rotatable bonds is 3. The summed E-state index contributed by atoms with van der Waals surface area (Å²) in [5.74, 6) is 1.33. The molecular weight excluding hydrogens is 200 g/mol. The third-order valence-corrected chi connectivity index (χ3v) is 5.35. The summed E-state index contributed by atoms with van der Waals surface area (Å²) < 4.78 is 0. The van der Waals surface area contributed by atoms with Gasteiger partial charge in [0.15, 0.2) is 0 Å². The van der Waals surface area contributed by atoms with Gasteiger partial charge in [0.05, 0.1) is 0 Å². The molecule has 2 fully saturated rings.